The van der Waals surface area contributed by atoms with Gasteiger partial charge in [0.05, 0.1) is 18.1 Å². The van der Waals surface area contributed by atoms with Crippen molar-refractivity contribution >= 4 is 18.2 Å². The van der Waals surface area contributed by atoms with E-state index in [9.17, 15) is 14.4 Å². The van der Waals surface area contributed by atoms with Gasteiger partial charge in [-0.3, -0.25) is 9.59 Å². The first kappa shape index (κ1) is 30.3. The van der Waals surface area contributed by atoms with Crippen LogP contribution in [-0.4, -0.2) is 42.0 Å². The minimum Gasteiger partial charge on any atom is -0.481 e. The Kier molecular flexibility index (Phi) is 23.4. The second-order valence-corrected chi connectivity index (χ2v) is 7.08. The number of methoxy groups -OCH3 is 1. The van der Waals surface area contributed by atoms with Gasteiger partial charge in [0.25, 0.3) is 0 Å². The van der Waals surface area contributed by atoms with Gasteiger partial charge in [-0.15, -0.1) is 0 Å². The monoisotopic (exact) mass is 389 g/mol. The fourth-order valence-electron chi connectivity index (χ4n) is 1.82. The van der Waals surface area contributed by atoms with Crippen molar-refractivity contribution in [2.45, 2.75) is 111 Å². The number of nitrogens with one attached hydrogen (secondary N) is 1. The predicted molar refractivity (Wildman–Crippen MR) is 111 cm³/mol. The Morgan fingerprint density at radius 1 is 1.04 bits per heavy atom. The van der Waals surface area contributed by atoms with Crippen LogP contribution in [0.3, 0.4) is 0 Å². The van der Waals surface area contributed by atoms with Gasteiger partial charge >= 0.3 is 5.97 Å². The van der Waals surface area contributed by atoms with Crippen LogP contribution in [0.15, 0.2) is 0 Å². The van der Waals surface area contributed by atoms with E-state index in [1.807, 2.05) is 34.6 Å². The molecule has 0 bridgehead atoms. The molecule has 2 N–H and O–H groups in total. The quantitative estimate of drug-likeness (QED) is 0.371. The Balaban J connectivity index is -0.000000607. The minimum absolute atomic E-state index is 0.0417. The first-order valence-corrected chi connectivity index (χ1v) is 10.2. The molecule has 0 fully saturated rings. The standard InChI is InChI=1S/C14H25NO4.C5H12O.C2H6/c1-2-3-4-5-6-7-8-12(11-16)15-13(17)9-10-14(18)19;1-5(2,3)6-4;1-2/h11-12H,2-10H2,1H3,(H,15,17)(H,18,19);1-4H3;1-2H3. The van der Waals surface area contributed by atoms with Gasteiger partial charge in [0, 0.05) is 13.5 Å². The Hall–Kier alpha value is -1.43. The third-order valence-electron chi connectivity index (χ3n) is 3.56. The highest BCUT2D eigenvalue weighted by atomic mass is 16.5. The summed E-state index contributed by atoms with van der Waals surface area (Å²) in [5.41, 5.74) is 0.0417. The third-order valence-corrected chi connectivity index (χ3v) is 3.56. The number of carboxylic acid groups (broad SMARTS) is 1. The lowest BCUT2D eigenvalue weighted by Gasteiger charge is -2.14. The molecule has 1 unspecified atom stereocenters. The number of carbonyl (C=O) groups excluding carboxylic acids is 2. The molecule has 1 atom stereocenters. The highest BCUT2D eigenvalue weighted by Crippen LogP contribution is 2.08. The van der Waals surface area contributed by atoms with Crippen molar-refractivity contribution < 1.29 is 24.2 Å². The van der Waals surface area contributed by atoms with E-state index < -0.39 is 12.0 Å². The molecular weight excluding hydrogens is 346 g/mol. The van der Waals surface area contributed by atoms with E-state index in [0.717, 1.165) is 25.5 Å². The van der Waals surface area contributed by atoms with Crippen LogP contribution in [0, 0.1) is 0 Å². The average Bonchev–Trinajstić information content (AvgIpc) is 2.63. The zero-order valence-corrected chi connectivity index (χ0v) is 18.6. The summed E-state index contributed by atoms with van der Waals surface area (Å²) in [7, 11) is 1.71. The number of carbonyl (C=O) groups is 3. The number of carboxylic acids is 1. The Bertz CT molecular complexity index is 364. The fraction of sp³-hybridized carbons (Fsp3) is 0.857. The molecule has 0 rings (SSSR count). The van der Waals surface area contributed by atoms with Crippen molar-refractivity contribution in [1.82, 2.24) is 5.32 Å². The number of hydrogen-bond donors (Lipinski definition) is 2. The van der Waals surface area contributed by atoms with Crippen molar-refractivity contribution in [3.63, 3.8) is 0 Å². The number of ether oxygens (including phenoxy) is 1. The maximum atomic E-state index is 11.4. The van der Waals surface area contributed by atoms with Crippen LogP contribution < -0.4 is 5.32 Å². The van der Waals surface area contributed by atoms with Gasteiger partial charge in [-0.05, 0) is 27.2 Å². The molecular formula is C21H43NO5. The molecule has 27 heavy (non-hydrogen) atoms. The van der Waals surface area contributed by atoms with E-state index >= 15 is 0 Å². The largest absolute Gasteiger partial charge is 0.481 e. The molecule has 0 aromatic heterocycles. The zero-order chi connectivity index (χ0) is 21.7. The SMILES string of the molecule is CC.CCCCCCCCC(C=O)NC(=O)CCC(=O)O.COC(C)(C)C. The minimum atomic E-state index is -1.01. The molecule has 1 amide bonds. The maximum absolute atomic E-state index is 11.4. The van der Waals surface area contributed by atoms with E-state index in [1.54, 1.807) is 7.11 Å². The zero-order valence-electron chi connectivity index (χ0n) is 18.6. The van der Waals surface area contributed by atoms with Crippen LogP contribution in [0.1, 0.15) is 99.3 Å². The topological polar surface area (TPSA) is 92.7 Å². The molecule has 0 heterocycles. The molecule has 0 aliphatic carbocycles. The smallest absolute Gasteiger partial charge is 0.303 e. The van der Waals surface area contributed by atoms with E-state index in [-0.39, 0.29) is 24.3 Å². The first-order valence-electron chi connectivity index (χ1n) is 10.2. The number of aldehydes is 1. The van der Waals surface area contributed by atoms with Crippen molar-refractivity contribution in [3.05, 3.63) is 0 Å². The van der Waals surface area contributed by atoms with E-state index in [2.05, 4.69) is 12.2 Å². The number of amides is 1. The van der Waals surface area contributed by atoms with Crippen LogP contribution in [0.4, 0.5) is 0 Å². The van der Waals surface area contributed by atoms with E-state index in [0.29, 0.717) is 6.42 Å². The number of unbranched alkanes of at least 4 members (excludes halogenated alkanes) is 5. The molecule has 0 aliphatic heterocycles. The molecule has 0 spiro atoms. The van der Waals surface area contributed by atoms with Gasteiger partial charge in [-0.1, -0.05) is 59.3 Å². The van der Waals surface area contributed by atoms with E-state index in [1.165, 1.54) is 19.3 Å². The van der Waals surface area contributed by atoms with Gasteiger partial charge in [0.2, 0.25) is 5.91 Å². The fourth-order valence-corrected chi connectivity index (χ4v) is 1.82. The summed E-state index contributed by atoms with van der Waals surface area (Å²) < 4.78 is 4.94. The molecule has 6 nitrogen and oxygen atoms in total. The highest BCUT2D eigenvalue weighted by molar-refractivity contribution is 5.82. The number of rotatable bonds is 12. The highest BCUT2D eigenvalue weighted by Gasteiger charge is 2.12. The van der Waals surface area contributed by atoms with Crippen molar-refractivity contribution in [2.75, 3.05) is 7.11 Å². The third kappa shape index (κ3) is 29.6. The van der Waals surface area contributed by atoms with Gasteiger partial charge in [-0.2, -0.15) is 0 Å². The molecule has 0 aromatic carbocycles. The van der Waals surface area contributed by atoms with Gasteiger partial charge in [-0.25, -0.2) is 0 Å². The van der Waals surface area contributed by atoms with E-state index in [4.69, 9.17) is 9.84 Å². The van der Waals surface area contributed by atoms with Crippen LogP contribution in [0.5, 0.6) is 0 Å². The van der Waals surface area contributed by atoms with Crippen molar-refractivity contribution in [2.24, 2.45) is 0 Å². The summed E-state index contributed by atoms with van der Waals surface area (Å²) >= 11 is 0. The van der Waals surface area contributed by atoms with Crippen LogP contribution in [0.2, 0.25) is 0 Å². The Labute approximate surface area is 166 Å². The van der Waals surface area contributed by atoms with Gasteiger partial charge < -0.3 is 20.0 Å². The van der Waals surface area contributed by atoms with Gasteiger partial charge in [0.1, 0.15) is 6.29 Å². The molecule has 0 saturated carbocycles. The molecule has 0 aliphatic rings. The molecule has 0 radical (unpaired) electrons. The second kappa shape index (κ2) is 20.9. The van der Waals surface area contributed by atoms with Gasteiger partial charge in [0.15, 0.2) is 0 Å². The van der Waals surface area contributed by atoms with Crippen LogP contribution >= 0.6 is 0 Å². The molecule has 0 aromatic rings. The normalized spacial score (nSPS) is 11.2. The maximum Gasteiger partial charge on any atom is 0.303 e. The summed E-state index contributed by atoms with van der Waals surface area (Å²) in [4.78, 5) is 32.5. The summed E-state index contributed by atoms with van der Waals surface area (Å²) in [5.74, 6) is -1.38. The molecule has 0 saturated heterocycles. The summed E-state index contributed by atoms with van der Waals surface area (Å²) in [6.45, 7) is 12.2. The van der Waals surface area contributed by atoms with Crippen LogP contribution in [0.25, 0.3) is 0 Å². The van der Waals surface area contributed by atoms with Crippen LogP contribution in [-0.2, 0) is 19.1 Å². The molecule has 162 valence electrons. The predicted octanol–water partition coefficient (Wildman–Crippen LogP) is 4.74. The second-order valence-electron chi connectivity index (χ2n) is 7.08. The summed E-state index contributed by atoms with van der Waals surface area (Å²) in [6.07, 6.45) is 7.88. The van der Waals surface area contributed by atoms with Crippen molar-refractivity contribution in [3.8, 4) is 0 Å². The number of aliphatic carboxylic acids is 1. The Morgan fingerprint density at radius 2 is 1.52 bits per heavy atom. The lowest BCUT2D eigenvalue weighted by atomic mass is 10.1. The lowest BCUT2D eigenvalue weighted by Crippen LogP contribution is -2.36. The van der Waals surface area contributed by atoms with Crippen molar-refractivity contribution in [1.29, 1.82) is 0 Å². The summed E-state index contributed by atoms with van der Waals surface area (Å²) in [6, 6.07) is -0.479. The average molecular weight is 390 g/mol. The lowest BCUT2D eigenvalue weighted by molar-refractivity contribution is -0.138. The first-order chi connectivity index (χ1) is 12.7. The molecule has 6 heteroatoms. The Morgan fingerprint density at radius 3 is 1.93 bits per heavy atom. The summed E-state index contributed by atoms with van der Waals surface area (Å²) in [5, 5.41) is 11.0. The number of hydrogen-bond acceptors (Lipinski definition) is 4.